The van der Waals surface area contributed by atoms with Crippen LogP contribution in [0.15, 0.2) is 27.7 Å². The number of ether oxygens (including phenoxy) is 2. The van der Waals surface area contributed by atoms with Gasteiger partial charge in [-0.3, -0.25) is 4.99 Å². The van der Waals surface area contributed by atoms with Gasteiger partial charge < -0.3 is 24.6 Å². The van der Waals surface area contributed by atoms with Crippen LogP contribution in [-0.2, 0) is 13.0 Å². The Kier molecular flexibility index (Phi) is 7.73. The summed E-state index contributed by atoms with van der Waals surface area (Å²) in [5.74, 6) is 3.38. The summed E-state index contributed by atoms with van der Waals surface area (Å²) in [6.07, 6.45) is 0.828. The Morgan fingerprint density at radius 1 is 1.15 bits per heavy atom. The van der Waals surface area contributed by atoms with E-state index in [1.165, 1.54) is 0 Å². The number of benzene rings is 1. The second-order valence-electron chi connectivity index (χ2n) is 5.48. The van der Waals surface area contributed by atoms with Crippen LogP contribution >= 0.6 is 0 Å². The topological polar surface area (TPSA) is 93.8 Å². The van der Waals surface area contributed by atoms with E-state index in [4.69, 9.17) is 14.0 Å². The van der Waals surface area contributed by atoms with Crippen molar-refractivity contribution in [1.82, 2.24) is 20.8 Å². The van der Waals surface area contributed by atoms with Crippen molar-refractivity contribution in [2.24, 2.45) is 4.99 Å². The van der Waals surface area contributed by atoms with Gasteiger partial charge in [0.2, 0.25) is 5.89 Å². The summed E-state index contributed by atoms with van der Waals surface area (Å²) >= 11 is 0. The van der Waals surface area contributed by atoms with E-state index in [-0.39, 0.29) is 0 Å². The summed E-state index contributed by atoms with van der Waals surface area (Å²) in [6.45, 7) is 8.08. The van der Waals surface area contributed by atoms with Crippen LogP contribution in [-0.4, -0.2) is 42.9 Å². The van der Waals surface area contributed by atoms with Crippen molar-refractivity contribution in [1.29, 1.82) is 0 Å². The van der Waals surface area contributed by atoms with E-state index < -0.39 is 0 Å². The van der Waals surface area contributed by atoms with E-state index in [9.17, 15) is 0 Å². The number of aryl methyl sites for hydroxylation is 1. The van der Waals surface area contributed by atoms with Crippen molar-refractivity contribution in [3.63, 3.8) is 0 Å². The molecule has 0 aliphatic rings. The van der Waals surface area contributed by atoms with Crippen LogP contribution in [0.2, 0.25) is 0 Å². The number of hydrogen-bond acceptors (Lipinski definition) is 6. The molecule has 0 aliphatic carbocycles. The van der Waals surface area contributed by atoms with Gasteiger partial charge in [-0.2, -0.15) is 4.98 Å². The lowest BCUT2D eigenvalue weighted by Crippen LogP contribution is -2.38. The van der Waals surface area contributed by atoms with Crippen LogP contribution in [0, 0.1) is 6.92 Å². The summed E-state index contributed by atoms with van der Waals surface area (Å²) in [4.78, 5) is 8.34. The third kappa shape index (κ3) is 5.94. The number of guanidine groups is 1. The predicted molar refractivity (Wildman–Crippen MR) is 99.7 cm³/mol. The maximum atomic E-state index is 5.66. The van der Waals surface area contributed by atoms with Crippen LogP contribution in [0.1, 0.15) is 31.1 Å². The number of nitrogens with one attached hydrogen (secondary N) is 2. The fourth-order valence-electron chi connectivity index (χ4n) is 2.37. The Labute approximate surface area is 154 Å². The molecule has 1 aromatic carbocycles. The van der Waals surface area contributed by atoms with Crippen LogP contribution in [0.25, 0.3) is 0 Å². The molecule has 0 aliphatic heterocycles. The lowest BCUT2D eigenvalue weighted by atomic mass is 10.1. The van der Waals surface area contributed by atoms with E-state index in [0.717, 1.165) is 30.0 Å². The molecule has 0 radical (unpaired) electrons. The molecule has 8 heteroatoms. The van der Waals surface area contributed by atoms with E-state index in [1.807, 2.05) is 32.0 Å². The Balaban J connectivity index is 1.84. The smallest absolute Gasteiger partial charge is 0.223 e. The largest absolute Gasteiger partial charge is 0.490 e. The molecule has 0 atom stereocenters. The molecule has 0 bridgehead atoms. The van der Waals surface area contributed by atoms with Gasteiger partial charge >= 0.3 is 0 Å². The molecule has 26 heavy (non-hydrogen) atoms. The molecule has 0 unspecified atom stereocenters. The van der Waals surface area contributed by atoms with Gasteiger partial charge in [0, 0.05) is 20.5 Å². The lowest BCUT2D eigenvalue weighted by molar-refractivity contribution is 0.287. The molecule has 1 aromatic heterocycles. The maximum absolute atomic E-state index is 5.66. The summed E-state index contributed by atoms with van der Waals surface area (Å²) in [7, 11) is 1.72. The molecule has 0 saturated carbocycles. The molecule has 2 N–H and O–H groups in total. The van der Waals surface area contributed by atoms with E-state index >= 15 is 0 Å². The molecule has 8 nitrogen and oxygen atoms in total. The van der Waals surface area contributed by atoms with Gasteiger partial charge in [-0.15, -0.1) is 0 Å². The average Bonchev–Trinajstić information content (AvgIpc) is 3.05. The quantitative estimate of drug-likeness (QED) is 0.522. The Morgan fingerprint density at radius 3 is 2.58 bits per heavy atom. The first-order valence-electron chi connectivity index (χ1n) is 8.78. The summed E-state index contributed by atoms with van der Waals surface area (Å²) in [5.41, 5.74) is 1.16. The van der Waals surface area contributed by atoms with Gasteiger partial charge in [-0.1, -0.05) is 11.2 Å². The van der Waals surface area contributed by atoms with Gasteiger partial charge in [0.15, 0.2) is 23.3 Å². The van der Waals surface area contributed by atoms with Crippen molar-refractivity contribution < 1.29 is 14.0 Å². The van der Waals surface area contributed by atoms with Crippen LogP contribution in [0.3, 0.4) is 0 Å². The average molecular weight is 361 g/mol. The highest BCUT2D eigenvalue weighted by Gasteiger charge is 2.07. The normalized spacial score (nSPS) is 11.3. The monoisotopic (exact) mass is 361 g/mol. The summed E-state index contributed by atoms with van der Waals surface area (Å²) in [6, 6.07) is 6.03. The van der Waals surface area contributed by atoms with Crippen molar-refractivity contribution in [3.8, 4) is 11.5 Å². The molecule has 0 fully saturated rings. The minimum atomic E-state index is 0.453. The first-order chi connectivity index (χ1) is 12.7. The second kappa shape index (κ2) is 10.3. The van der Waals surface area contributed by atoms with Crippen LogP contribution in [0.4, 0.5) is 0 Å². The zero-order valence-corrected chi connectivity index (χ0v) is 15.8. The first-order valence-corrected chi connectivity index (χ1v) is 8.78. The van der Waals surface area contributed by atoms with Crippen LogP contribution < -0.4 is 20.1 Å². The molecule has 0 saturated heterocycles. The summed E-state index contributed by atoms with van der Waals surface area (Å²) in [5, 5.41) is 10.3. The predicted octanol–water partition coefficient (Wildman–Crippen LogP) is 2.08. The highest BCUT2D eigenvalue weighted by atomic mass is 16.5. The Bertz CT molecular complexity index is 715. The molecular formula is C18H27N5O3. The highest BCUT2D eigenvalue weighted by molar-refractivity contribution is 5.79. The molecule has 0 spiro atoms. The summed E-state index contributed by atoms with van der Waals surface area (Å²) < 4.78 is 16.2. The van der Waals surface area contributed by atoms with Crippen molar-refractivity contribution >= 4 is 5.96 Å². The van der Waals surface area contributed by atoms with Crippen molar-refractivity contribution in [2.75, 3.05) is 26.8 Å². The number of nitrogens with zero attached hydrogens (tertiary/aromatic N) is 3. The Hall–Kier alpha value is -2.77. The first kappa shape index (κ1) is 19.6. The van der Waals surface area contributed by atoms with E-state index in [2.05, 4.69) is 25.8 Å². The Morgan fingerprint density at radius 2 is 1.92 bits per heavy atom. The van der Waals surface area contributed by atoms with E-state index in [1.54, 1.807) is 14.0 Å². The van der Waals surface area contributed by atoms with Gasteiger partial charge in [0.1, 0.15) is 0 Å². The van der Waals surface area contributed by atoms with Crippen molar-refractivity contribution in [3.05, 3.63) is 35.5 Å². The second-order valence-corrected chi connectivity index (χ2v) is 5.48. The maximum Gasteiger partial charge on any atom is 0.223 e. The van der Waals surface area contributed by atoms with Crippen molar-refractivity contribution in [2.45, 2.75) is 33.7 Å². The molecular weight excluding hydrogens is 334 g/mol. The minimum Gasteiger partial charge on any atom is -0.490 e. The van der Waals surface area contributed by atoms with Gasteiger partial charge in [0.25, 0.3) is 0 Å². The fourth-order valence-corrected chi connectivity index (χ4v) is 2.37. The number of aromatic nitrogens is 2. The minimum absolute atomic E-state index is 0.453. The SMILES string of the molecule is CCOc1ccc(CCNC(=NC)NCc2noc(C)n2)cc1OCC. The van der Waals surface area contributed by atoms with E-state index in [0.29, 0.717) is 37.4 Å². The highest BCUT2D eigenvalue weighted by Crippen LogP contribution is 2.28. The van der Waals surface area contributed by atoms with Gasteiger partial charge in [0.05, 0.1) is 19.8 Å². The lowest BCUT2D eigenvalue weighted by Gasteiger charge is -2.13. The van der Waals surface area contributed by atoms with Gasteiger partial charge in [-0.05, 0) is 38.0 Å². The standard InChI is InChI=1S/C18H27N5O3/c1-5-24-15-8-7-14(11-16(15)25-6-2)9-10-20-18(19-4)21-12-17-22-13(3)26-23-17/h7-8,11H,5-6,9-10,12H2,1-4H3,(H2,19,20,21). The fraction of sp³-hybridized carbons (Fsp3) is 0.500. The third-order valence-corrected chi connectivity index (χ3v) is 3.52. The zero-order chi connectivity index (χ0) is 18.8. The third-order valence-electron chi connectivity index (χ3n) is 3.52. The zero-order valence-electron chi connectivity index (χ0n) is 15.8. The number of hydrogen-bond donors (Lipinski definition) is 2. The van der Waals surface area contributed by atoms with Gasteiger partial charge in [-0.25, -0.2) is 0 Å². The molecule has 142 valence electrons. The number of aliphatic imine (C=N–C) groups is 1. The van der Waals surface area contributed by atoms with Crippen LogP contribution in [0.5, 0.6) is 11.5 Å². The molecule has 2 rings (SSSR count). The number of rotatable bonds is 9. The molecule has 1 heterocycles. The molecule has 2 aromatic rings. The molecule has 0 amide bonds.